The number of hydrogen-bond donors (Lipinski definition) is 0. The first kappa shape index (κ1) is 16.7. The van der Waals surface area contributed by atoms with Gasteiger partial charge in [0, 0.05) is 12.0 Å². The van der Waals surface area contributed by atoms with Crippen molar-refractivity contribution in [3.63, 3.8) is 0 Å². The third-order valence-corrected chi connectivity index (χ3v) is 4.16. The van der Waals surface area contributed by atoms with E-state index in [1.165, 1.54) is 5.56 Å². The number of carbonyl (C=O) groups is 1. The lowest BCUT2D eigenvalue weighted by Gasteiger charge is -2.32. The van der Waals surface area contributed by atoms with Crippen LogP contribution in [-0.2, 0) is 4.79 Å². The summed E-state index contributed by atoms with van der Waals surface area (Å²) in [5.41, 5.74) is 1.03. The molecule has 2 heteroatoms. The molecule has 0 aliphatic carbocycles. The molecule has 1 aromatic rings. The Hall–Kier alpha value is -1.31. The summed E-state index contributed by atoms with van der Waals surface area (Å²) in [5.74, 6) is 0.302. The van der Waals surface area contributed by atoms with Gasteiger partial charge in [0.15, 0.2) is 0 Å². The normalized spacial score (nSPS) is 18.4. The maximum absolute atomic E-state index is 12.6. The van der Waals surface area contributed by atoms with Gasteiger partial charge in [0.05, 0.1) is 6.04 Å². The Labute approximate surface area is 124 Å². The molecule has 112 valence electrons. The molecule has 1 saturated heterocycles. The minimum absolute atomic E-state index is 0.239. The molecule has 1 fully saturated rings. The fraction of sp³-hybridized carbons (Fsp3) is 0.611. The molecule has 0 spiro atoms. The number of hydrogen-bond acceptors (Lipinski definition) is 1. The molecule has 0 radical (unpaired) electrons. The van der Waals surface area contributed by atoms with Crippen LogP contribution in [0.1, 0.15) is 65.5 Å². The first-order chi connectivity index (χ1) is 9.56. The fourth-order valence-electron chi connectivity index (χ4n) is 2.57. The van der Waals surface area contributed by atoms with Gasteiger partial charge in [0.25, 0.3) is 0 Å². The summed E-state index contributed by atoms with van der Waals surface area (Å²) < 4.78 is 0. The van der Waals surface area contributed by atoms with Crippen molar-refractivity contribution in [3.8, 4) is 0 Å². The van der Waals surface area contributed by atoms with Crippen molar-refractivity contribution < 1.29 is 4.79 Å². The molecule has 1 aliphatic heterocycles. The number of amides is 1. The highest BCUT2D eigenvalue weighted by molar-refractivity contribution is 5.82. The molecule has 1 amide bonds. The van der Waals surface area contributed by atoms with Crippen LogP contribution in [0.2, 0.25) is 0 Å². The zero-order valence-corrected chi connectivity index (χ0v) is 13.6. The Bertz CT molecular complexity index is 411. The summed E-state index contributed by atoms with van der Waals surface area (Å²) >= 11 is 0. The van der Waals surface area contributed by atoms with Crippen LogP contribution >= 0.6 is 0 Å². The van der Waals surface area contributed by atoms with Crippen LogP contribution in [0.25, 0.3) is 0 Å². The maximum atomic E-state index is 12.6. The lowest BCUT2D eigenvalue weighted by molar-refractivity contribution is -0.141. The van der Waals surface area contributed by atoms with Gasteiger partial charge in [-0.3, -0.25) is 4.79 Å². The molecule has 2 rings (SSSR count). The number of benzene rings is 1. The molecule has 1 aliphatic rings. The van der Waals surface area contributed by atoms with Crippen LogP contribution in [0, 0.1) is 5.41 Å². The largest absolute Gasteiger partial charge is 0.335 e. The summed E-state index contributed by atoms with van der Waals surface area (Å²) in [6, 6.07) is 10.7. The first-order valence-corrected chi connectivity index (χ1v) is 7.92. The van der Waals surface area contributed by atoms with Crippen molar-refractivity contribution in [3.05, 3.63) is 35.9 Å². The molecule has 0 bridgehead atoms. The summed E-state index contributed by atoms with van der Waals surface area (Å²) in [5, 5.41) is 0. The van der Waals surface area contributed by atoms with E-state index in [-0.39, 0.29) is 11.5 Å². The van der Waals surface area contributed by atoms with Gasteiger partial charge in [-0.25, -0.2) is 0 Å². The quantitative estimate of drug-likeness (QED) is 0.775. The molecule has 1 atom stereocenters. The SMILES string of the molecule is CC.CCC(C)(C)C(=O)N1CCCC1c1ccccc1. The van der Waals surface area contributed by atoms with E-state index in [1.54, 1.807) is 0 Å². The van der Waals surface area contributed by atoms with Gasteiger partial charge in [0.1, 0.15) is 0 Å². The Morgan fingerprint density at radius 2 is 1.85 bits per heavy atom. The van der Waals surface area contributed by atoms with E-state index in [0.29, 0.717) is 5.91 Å². The number of nitrogens with zero attached hydrogens (tertiary/aromatic N) is 1. The lowest BCUT2D eigenvalue weighted by Crippen LogP contribution is -2.40. The molecular formula is C18H29NO. The van der Waals surface area contributed by atoms with Gasteiger partial charge in [-0.1, -0.05) is 65.0 Å². The Morgan fingerprint density at radius 3 is 2.40 bits per heavy atom. The lowest BCUT2D eigenvalue weighted by atomic mass is 9.88. The van der Waals surface area contributed by atoms with E-state index in [0.717, 1.165) is 25.8 Å². The van der Waals surface area contributed by atoms with Crippen LogP contribution in [0.15, 0.2) is 30.3 Å². The molecule has 1 aromatic carbocycles. The predicted octanol–water partition coefficient (Wildman–Crippen LogP) is 4.81. The van der Waals surface area contributed by atoms with Crippen LogP contribution in [0.4, 0.5) is 0 Å². The molecule has 1 heterocycles. The monoisotopic (exact) mass is 275 g/mol. The fourth-order valence-corrected chi connectivity index (χ4v) is 2.57. The molecule has 1 unspecified atom stereocenters. The second kappa shape index (κ2) is 7.47. The maximum Gasteiger partial charge on any atom is 0.228 e. The van der Waals surface area contributed by atoms with E-state index < -0.39 is 0 Å². The van der Waals surface area contributed by atoms with Gasteiger partial charge >= 0.3 is 0 Å². The third-order valence-electron chi connectivity index (χ3n) is 4.16. The average Bonchev–Trinajstić information content (AvgIpc) is 2.98. The van der Waals surface area contributed by atoms with Gasteiger partial charge in [-0.2, -0.15) is 0 Å². The number of rotatable bonds is 3. The molecular weight excluding hydrogens is 246 g/mol. The van der Waals surface area contributed by atoms with Crippen molar-refractivity contribution in [1.29, 1.82) is 0 Å². The number of likely N-dealkylation sites (tertiary alicyclic amines) is 1. The van der Waals surface area contributed by atoms with E-state index >= 15 is 0 Å². The molecule has 20 heavy (non-hydrogen) atoms. The highest BCUT2D eigenvalue weighted by atomic mass is 16.2. The highest BCUT2D eigenvalue weighted by Crippen LogP contribution is 2.36. The second-order valence-corrected chi connectivity index (χ2v) is 5.80. The van der Waals surface area contributed by atoms with E-state index in [2.05, 4.69) is 49.9 Å². The summed E-state index contributed by atoms with van der Waals surface area (Å²) in [6.07, 6.45) is 3.10. The van der Waals surface area contributed by atoms with Gasteiger partial charge in [-0.15, -0.1) is 0 Å². The van der Waals surface area contributed by atoms with Crippen LogP contribution in [0.5, 0.6) is 0 Å². The van der Waals surface area contributed by atoms with Crippen molar-refractivity contribution in [2.24, 2.45) is 5.41 Å². The van der Waals surface area contributed by atoms with E-state index in [9.17, 15) is 4.79 Å². The van der Waals surface area contributed by atoms with E-state index in [1.807, 2.05) is 19.9 Å². The molecule has 0 N–H and O–H groups in total. The topological polar surface area (TPSA) is 20.3 Å². The zero-order valence-electron chi connectivity index (χ0n) is 13.6. The minimum Gasteiger partial charge on any atom is -0.335 e. The van der Waals surface area contributed by atoms with Crippen molar-refractivity contribution in [1.82, 2.24) is 4.90 Å². The molecule has 0 aromatic heterocycles. The highest BCUT2D eigenvalue weighted by Gasteiger charge is 2.37. The van der Waals surface area contributed by atoms with Crippen LogP contribution < -0.4 is 0 Å². The third kappa shape index (κ3) is 3.62. The standard InChI is InChI=1S/C16H23NO.C2H6/c1-4-16(2,3)15(18)17-12-8-11-14(17)13-9-6-5-7-10-13;1-2/h5-7,9-10,14H,4,8,11-12H2,1-3H3;1-2H3. The van der Waals surface area contributed by atoms with Gasteiger partial charge in [-0.05, 0) is 24.8 Å². The predicted molar refractivity (Wildman–Crippen MR) is 85.6 cm³/mol. The zero-order chi connectivity index (χ0) is 15.2. The average molecular weight is 275 g/mol. The van der Waals surface area contributed by atoms with Crippen molar-refractivity contribution in [2.75, 3.05) is 6.54 Å². The molecule has 2 nitrogen and oxygen atoms in total. The first-order valence-electron chi connectivity index (χ1n) is 7.92. The summed E-state index contributed by atoms with van der Waals surface area (Å²) in [4.78, 5) is 14.7. The Morgan fingerprint density at radius 1 is 1.25 bits per heavy atom. The Kier molecular flexibility index (Phi) is 6.25. The van der Waals surface area contributed by atoms with Gasteiger partial charge in [0.2, 0.25) is 5.91 Å². The molecule has 0 saturated carbocycles. The minimum atomic E-state index is -0.239. The van der Waals surface area contributed by atoms with Gasteiger partial charge < -0.3 is 4.90 Å². The summed E-state index contributed by atoms with van der Waals surface area (Å²) in [7, 11) is 0. The number of carbonyl (C=O) groups excluding carboxylic acids is 1. The van der Waals surface area contributed by atoms with Crippen LogP contribution in [0.3, 0.4) is 0 Å². The van der Waals surface area contributed by atoms with Crippen molar-refractivity contribution >= 4 is 5.91 Å². The van der Waals surface area contributed by atoms with Crippen LogP contribution in [-0.4, -0.2) is 17.4 Å². The second-order valence-electron chi connectivity index (χ2n) is 5.80. The Balaban J connectivity index is 0.000000956. The summed E-state index contributed by atoms with van der Waals surface area (Å²) in [6.45, 7) is 11.1. The van der Waals surface area contributed by atoms with Crippen molar-refractivity contribution in [2.45, 2.75) is 59.9 Å². The van der Waals surface area contributed by atoms with E-state index in [4.69, 9.17) is 0 Å². The smallest absolute Gasteiger partial charge is 0.228 e.